The molecule has 2 aromatic rings. The molecule has 0 saturated heterocycles. The number of nitrogens with two attached hydrogens (primary N) is 1. The molecule has 1 aromatic heterocycles. The molecule has 0 aliphatic rings. The van der Waals surface area contributed by atoms with E-state index in [0.717, 1.165) is 29.2 Å². The third-order valence-corrected chi connectivity index (χ3v) is 3.08. The van der Waals surface area contributed by atoms with Crippen LogP contribution in [0.5, 0.6) is 5.75 Å². The van der Waals surface area contributed by atoms with Gasteiger partial charge in [0, 0.05) is 13.1 Å². The summed E-state index contributed by atoms with van der Waals surface area (Å²) in [7, 11) is 0. The molecular weight excluding hydrogens is 252 g/mol. The second-order valence-corrected chi connectivity index (χ2v) is 5.34. The largest absolute Gasteiger partial charge is 0.485 e. The Morgan fingerprint density at radius 2 is 2.15 bits per heavy atom. The molecule has 5 nitrogen and oxygen atoms in total. The molecule has 0 fully saturated rings. The predicted molar refractivity (Wildman–Crippen MR) is 78.3 cm³/mol. The maximum atomic E-state index is 5.87. The van der Waals surface area contributed by atoms with Gasteiger partial charge in [0.05, 0.1) is 0 Å². The zero-order valence-corrected chi connectivity index (χ0v) is 12.3. The summed E-state index contributed by atoms with van der Waals surface area (Å²) >= 11 is 0. The minimum Gasteiger partial charge on any atom is -0.485 e. The summed E-state index contributed by atoms with van der Waals surface area (Å²) in [5, 5.41) is 4.23. The van der Waals surface area contributed by atoms with E-state index in [9.17, 15) is 0 Å². The third kappa shape index (κ3) is 3.57. The number of aryl methyl sites for hydroxylation is 1. The van der Waals surface area contributed by atoms with Crippen molar-refractivity contribution in [2.24, 2.45) is 11.7 Å². The van der Waals surface area contributed by atoms with Crippen molar-refractivity contribution in [1.82, 2.24) is 14.8 Å². The molecule has 0 bridgehead atoms. The van der Waals surface area contributed by atoms with Crippen LogP contribution < -0.4 is 10.5 Å². The monoisotopic (exact) mass is 274 g/mol. The van der Waals surface area contributed by atoms with Crippen LogP contribution >= 0.6 is 0 Å². The standard InChI is InChI=1S/C15H22N4O/c1-11(2)8-19-15(17-10-18-19)9-20-14-6-13(7-16)5-4-12(14)3/h4-6,10-11H,7-9,16H2,1-3H3. The summed E-state index contributed by atoms with van der Waals surface area (Å²) < 4.78 is 7.76. The number of nitrogens with zero attached hydrogens (tertiary/aromatic N) is 3. The van der Waals surface area contributed by atoms with Crippen molar-refractivity contribution in [3.05, 3.63) is 41.5 Å². The normalized spacial score (nSPS) is 11.1. The SMILES string of the molecule is Cc1ccc(CN)cc1OCc1ncnn1CC(C)C. The van der Waals surface area contributed by atoms with Crippen LogP contribution in [0.2, 0.25) is 0 Å². The first kappa shape index (κ1) is 14.5. The van der Waals surface area contributed by atoms with Gasteiger partial charge in [-0.05, 0) is 30.0 Å². The van der Waals surface area contributed by atoms with Crippen LogP contribution in [-0.2, 0) is 19.7 Å². The van der Waals surface area contributed by atoms with Gasteiger partial charge in [-0.3, -0.25) is 0 Å². The fourth-order valence-electron chi connectivity index (χ4n) is 1.97. The van der Waals surface area contributed by atoms with Crippen molar-refractivity contribution >= 4 is 0 Å². The molecule has 0 spiro atoms. The average molecular weight is 274 g/mol. The van der Waals surface area contributed by atoms with E-state index in [0.29, 0.717) is 19.1 Å². The van der Waals surface area contributed by atoms with Crippen LogP contribution in [-0.4, -0.2) is 14.8 Å². The van der Waals surface area contributed by atoms with E-state index in [1.807, 2.05) is 29.8 Å². The first-order valence-corrected chi connectivity index (χ1v) is 6.89. The van der Waals surface area contributed by atoms with E-state index in [2.05, 4.69) is 23.9 Å². The van der Waals surface area contributed by atoms with Crippen molar-refractivity contribution < 1.29 is 4.74 Å². The topological polar surface area (TPSA) is 66.0 Å². The number of benzene rings is 1. The van der Waals surface area contributed by atoms with Gasteiger partial charge in [-0.15, -0.1) is 0 Å². The molecule has 0 saturated carbocycles. The third-order valence-electron chi connectivity index (χ3n) is 3.08. The molecule has 2 rings (SSSR count). The van der Waals surface area contributed by atoms with E-state index in [4.69, 9.17) is 10.5 Å². The lowest BCUT2D eigenvalue weighted by Gasteiger charge is -2.12. The zero-order valence-electron chi connectivity index (χ0n) is 12.3. The van der Waals surface area contributed by atoms with Crippen LogP contribution in [0, 0.1) is 12.8 Å². The molecule has 20 heavy (non-hydrogen) atoms. The second-order valence-electron chi connectivity index (χ2n) is 5.34. The molecule has 5 heteroatoms. The molecule has 1 heterocycles. The van der Waals surface area contributed by atoms with Crippen molar-refractivity contribution in [1.29, 1.82) is 0 Å². The van der Waals surface area contributed by atoms with E-state index in [1.165, 1.54) is 0 Å². The van der Waals surface area contributed by atoms with Crippen LogP contribution in [0.25, 0.3) is 0 Å². The number of aromatic nitrogens is 3. The lowest BCUT2D eigenvalue weighted by atomic mass is 10.1. The Hall–Kier alpha value is -1.88. The summed E-state index contributed by atoms with van der Waals surface area (Å²) in [5.74, 6) is 2.22. The quantitative estimate of drug-likeness (QED) is 0.877. The fraction of sp³-hybridized carbons (Fsp3) is 0.467. The summed E-state index contributed by atoms with van der Waals surface area (Å²) in [6.45, 7) is 8.11. The predicted octanol–water partition coefficient (Wildman–Crippen LogP) is 2.28. The van der Waals surface area contributed by atoms with Gasteiger partial charge in [0.15, 0.2) is 5.82 Å². The summed E-state index contributed by atoms with van der Waals surface area (Å²) in [6.07, 6.45) is 1.57. The summed E-state index contributed by atoms with van der Waals surface area (Å²) in [5.41, 5.74) is 7.82. The van der Waals surface area contributed by atoms with E-state index in [1.54, 1.807) is 6.33 Å². The second kappa shape index (κ2) is 6.52. The van der Waals surface area contributed by atoms with Crippen molar-refractivity contribution in [2.45, 2.75) is 40.5 Å². The Balaban J connectivity index is 2.07. The Kier molecular flexibility index (Phi) is 4.74. The minimum absolute atomic E-state index is 0.418. The van der Waals surface area contributed by atoms with Gasteiger partial charge < -0.3 is 10.5 Å². The molecular formula is C15H22N4O. The maximum Gasteiger partial charge on any atom is 0.164 e. The molecule has 108 valence electrons. The molecule has 0 amide bonds. The van der Waals surface area contributed by atoms with Crippen LogP contribution in [0.3, 0.4) is 0 Å². The van der Waals surface area contributed by atoms with Crippen LogP contribution in [0.15, 0.2) is 24.5 Å². The lowest BCUT2D eigenvalue weighted by molar-refractivity contribution is 0.280. The van der Waals surface area contributed by atoms with Crippen molar-refractivity contribution in [3.63, 3.8) is 0 Å². The maximum absolute atomic E-state index is 5.87. The van der Waals surface area contributed by atoms with Gasteiger partial charge in [0.25, 0.3) is 0 Å². The van der Waals surface area contributed by atoms with Crippen LogP contribution in [0.4, 0.5) is 0 Å². The lowest BCUT2D eigenvalue weighted by Crippen LogP contribution is -2.12. The fourth-order valence-corrected chi connectivity index (χ4v) is 1.97. The smallest absolute Gasteiger partial charge is 0.164 e. The summed E-state index contributed by atoms with van der Waals surface area (Å²) in [6, 6.07) is 6.03. The van der Waals surface area contributed by atoms with Gasteiger partial charge in [0.2, 0.25) is 0 Å². The highest BCUT2D eigenvalue weighted by Crippen LogP contribution is 2.20. The van der Waals surface area contributed by atoms with Crippen LogP contribution in [0.1, 0.15) is 30.8 Å². The highest BCUT2D eigenvalue weighted by molar-refractivity contribution is 5.36. The molecule has 0 unspecified atom stereocenters. The minimum atomic E-state index is 0.418. The first-order chi connectivity index (χ1) is 9.60. The number of hydrogen-bond acceptors (Lipinski definition) is 4. The highest BCUT2D eigenvalue weighted by Gasteiger charge is 2.08. The van der Waals surface area contributed by atoms with Crippen molar-refractivity contribution in [3.8, 4) is 5.75 Å². The molecule has 0 aliphatic carbocycles. The number of ether oxygens (including phenoxy) is 1. The van der Waals surface area contributed by atoms with Gasteiger partial charge in [0.1, 0.15) is 18.7 Å². The van der Waals surface area contributed by atoms with E-state index in [-0.39, 0.29) is 0 Å². The van der Waals surface area contributed by atoms with Gasteiger partial charge in [-0.1, -0.05) is 26.0 Å². The Morgan fingerprint density at radius 3 is 2.85 bits per heavy atom. The molecule has 0 atom stereocenters. The first-order valence-electron chi connectivity index (χ1n) is 6.89. The van der Waals surface area contributed by atoms with Gasteiger partial charge in [-0.25, -0.2) is 9.67 Å². The van der Waals surface area contributed by atoms with Gasteiger partial charge in [-0.2, -0.15) is 5.10 Å². The molecule has 0 radical (unpaired) electrons. The number of rotatable bonds is 6. The van der Waals surface area contributed by atoms with Crippen molar-refractivity contribution in [2.75, 3.05) is 0 Å². The van der Waals surface area contributed by atoms with E-state index < -0.39 is 0 Å². The van der Waals surface area contributed by atoms with E-state index >= 15 is 0 Å². The Bertz CT molecular complexity index is 563. The molecule has 2 N–H and O–H groups in total. The Labute approximate surface area is 119 Å². The highest BCUT2D eigenvalue weighted by atomic mass is 16.5. The molecule has 1 aromatic carbocycles. The Morgan fingerprint density at radius 1 is 1.35 bits per heavy atom. The molecule has 0 aliphatic heterocycles. The zero-order chi connectivity index (χ0) is 14.5. The number of hydrogen-bond donors (Lipinski definition) is 1. The van der Waals surface area contributed by atoms with Gasteiger partial charge >= 0.3 is 0 Å². The summed E-state index contributed by atoms with van der Waals surface area (Å²) in [4.78, 5) is 4.26. The average Bonchev–Trinajstić information content (AvgIpc) is 2.84.